The summed E-state index contributed by atoms with van der Waals surface area (Å²) in [6.45, 7) is 5.97. The lowest BCUT2D eigenvalue weighted by Gasteiger charge is -2.18. The van der Waals surface area contributed by atoms with Crippen molar-refractivity contribution in [2.45, 2.75) is 26.4 Å². The van der Waals surface area contributed by atoms with Gasteiger partial charge in [0.1, 0.15) is 11.6 Å². The van der Waals surface area contributed by atoms with E-state index in [1.54, 1.807) is 13.3 Å². The van der Waals surface area contributed by atoms with Crippen LogP contribution in [0.25, 0.3) is 11.0 Å². The first-order valence-electron chi connectivity index (χ1n) is 9.20. The molecule has 0 aromatic carbocycles. The molecular weight excluding hydrogens is 340 g/mol. The zero-order chi connectivity index (χ0) is 19.4. The number of hydrogen-bond acceptors (Lipinski definition) is 7. The molecule has 0 spiro atoms. The van der Waals surface area contributed by atoms with E-state index in [9.17, 15) is 0 Å². The Morgan fingerprint density at radius 1 is 1.37 bits per heavy atom. The van der Waals surface area contributed by atoms with Gasteiger partial charge in [0.15, 0.2) is 0 Å². The molecule has 1 atom stereocenters. The molecule has 0 bridgehead atoms. The Morgan fingerprint density at radius 3 is 2.85 bits per heavy atom. The third kappa shape index (κ3) is 4.49. The SMILES string of the molecule is COC1CCN(c2cnc3ccc(N/C(N)=C/C(=C\N)C(C)C)nc3c2)C1. The van der Waals surface area contributed by atoms with Crippen LogP contribution in [-0.2, 0) is 4.74 Å². The second-order valence-electron chi connectivity index (χ2n) is 7.07. The van der Waals surface area contributed by atoms with Gasteiger partial charge in [-0.25, -0.2) is 4.98 Å². The Hall–Kier alpha value is -2.80. The first kappa shape index (κ1) is 19.0. The van der Waals surface area contributed by atoms with Crippen LogP contribution in [0.1, 0.15) is 20.3 Å². The fourth-order valence-corrected chi connectivity index (χ4v) is 3.16. The van der Waals surface area contributed by atoms with Crippen LogP contribution in [-0.4, -0.2) is 36.3 Å². The molecule has 1 aliphatic rings. The van der Waals surface area contributed by atoms with Crippen molar-refractivity contribution < 1.29 is 4.74 Å². The van der Waals surface area contributed by atoms with Crippen LogP contribution in [0.2, 0.25) is 0 Å². The Morgan fingerprint density at radius 2 is 2.19 bits per heavy atom. The molecule has 1 saturated heterocycles. The number of ether oxygens (including phenoxy) is 1. The number of allylic oxidation sites excluding steroid dienone is 2. The lowest BCUT2D eigenvalue weighted by Crippen LogP contribution is -2.22. The number of hydrogen-bond donors (Lipinski definition) is 3. The van der Waals surface area contributed by atoms with E-state index in [2.05, 4.69) is 40.1 Å². The number of methoxy groups -OCH3 is 1. The van der Waals surface area contributed by atoms with Crippen molar-refractivity contribution in [3.63, 3.8) is 0 Å². The molecule has 3 rings (SSSR count). The first-order valence-corrected chi connectivity index (χ1v) is 9.20. The van der Waals surface area contributed by atoms with Crippen molar-refractivity contribution >= 4 is 22.5 Å². The van der Waals surface area contributed by atoms with Crippen LogP contribution in [0, 0.1) is 5.92 Å². The molecule has 1 unspecified atom stereocenters. The van der Waals surface area contributed by atoms with Crippen molar-refractivity contribution in [3.8, 4) is 0 Å². The highest BCUT2D eigenvalue weighted by molar-refractivity contribution is 5.79. The van der Waals surface area contributed by atoms with E-state index < -0.39 is 0 Å². The Labute approximate surface area is 160 Å². The minimum absolute atomic E-state index is 0.275. The summed E-state index contributed by atoms with van der Waals surface area (Å²) in [7, 11) is 1.76. The lowest BCUT2D eigenvalue weighted by atomic mass is 10.0. The number of anilines is 2. The van der Waals surface area contributed by atoms with Gasteiger partial charge >= 0.3 is 0 Å². The molecule has 1 fully saturated rings. The minimum Gasteiger partial charge on any atom is -0.404 e. The highest BCUT2D eigenvalue weighted by atomic mass is 16.5. The van der Waals surface area contributed by atoms with Crippen molar-refractivity contribution in [1.29, 1.82) is 0 Å². The number of rotatable bonds is 6. The Kier molecular flexibility index (Phi) is 5.81. The fraction of sp³-hybridized carbons (Fsp3) is 0.400. The number of nitrogens with zero attached hydrogens (tertiary/aromatic N) is 3. The summed E-state index contributed by atoms with van der Waals surface area (Å²) >= 11 is 0. The second kappa shape index (κ2) is 8.26. The standard InChI is InChI=1S/C20H28N6O/c1-13(2)14(10-21)8-19(22)25-20-5-4-17-18(24-20)9-15(11-23-17)26-7-6-16(12-26)27-3/h4-5,8-11,13,16H,6-7,12,21-22H2,1-3H3,(H,24,25)/b14-10+,19-8+. The molecule has 7 nitrogen and oxygen atoms in total. The predicted molar refractivity (Wildman–Crippen MR) is 110 cm³/mol. The zero-order valence-electron chi connectivity index (χ0n) is 16.1. The van der Waals surface area contributed by atoms with Gasteiger partial charge in [0.25, 0.3) is 0 Å². The topological polar surface area (TPSA) is 102 Å². The van der Waals surface area contributed by atoms with Crippen LogP contribution < -0.4 is 21.7 Å². The molecule has 0 radical (unpaired) electrons. The summed E-state index contributed by atoms with van der Waals surface area (Å²) in [6, 6.07) is 5.87. The number of nitrogens with two attached hydrogens (primary N) is 2. The predicted octanol–water partition coefficient (Wildman–Crippen LogP) is 2.57. The largest absolute Gasteiger partial charge is 0.404 e. The lowest BCUT2D eigenvalue weighted by molar-refractivity contribution is 0.121. The fourth-order valence-electron chi connectivity index (χ4n) is 3.16. The Balaban J connectivity index is 1.81. The van der Waals surface area contributed by atoms with E-state index >= 15 is 0 Å². The van der Waals surface area contributed by atoms with E-state index in [-0.39, 0.29) is 6.10 Å². The first-order chi connectivity index (χ1) is 13.0. The van der Waals surface area contributed by atoms with E-state index in [1.165, 1.54) is 0 Å². The van der Waals surface area contributed by atoms with E-state index in [1.807, 2.05) is 24.4 Å². The summed E-state index contributed by atoms with van der Waals surface area (Å²) in [5.41, 5.74) is 15.5. The van der Waals surface area contributed by atoms with E-state index in [0.717, 1.165) is 41.8 Å². The third-order valence-corrected chi connectivity index (χ3v) is 4.82. The van der Waals surface area contributed by atoms with Crippen LogP contribution in [0.15, 0.2) is 48.1 Å². The zero-order valence-corrected chi connectivity index (χ0v) is 16.1. The molecule has 0 saturated carbocycles. The maximum absolute atomic E-state index is 6.10. The summed E-state index contributed by atoms with van der Waals surface area (Å²) in [4.78, 5) is 11.5. The molecule has 1 aliphatic heterocycles. The molecule has 0 amide bonds. The average molecular weight is 368 g/mol. The summed E-state index contributed by atoms with van der Waals surface area (Å²) in [5.74, 6) is 1.47. The van der Waals surface area contributed by atoms with Gasteiger partial charge in [-0.2, -0.15) is 0 Å². The highest BCUT2D eigenvalue weighted by Crippen LogP contribution is 2.24. The molecule has 27 heavy (non-hydrogen) atoms. The number of pyridine rings is 2. The monoisotopic (exact) mass is 368 g/mol. The van der Waals surface area contributed by atoms with Crippen LogP contribution in [0.4, 0.5) is 11.5 Å². The van der Waals surface area contributed by atoms with Gasteiger partial charge in [-0.1, -0.05) is 13.8 Å². The quantitative estimate of drug-likeness (QED) is 0.673. The molecule has 2 aromatic heterocycles. The highest BCUT2D eigenvalue weighted by Gasteiger charge is 2.22. The van der Waals surface area contributed by atoms with Gasteiger partial charge in [-0.05, 0) is 48.4 Å². The summed E-state index contributed by atoms with van der Waals surface area (Å²) < 4.78 is 5.45. The van der Waals surface area contributed by atoms with Gasteiger partial charge in [-0.3, -0.25) is 4.98 Å². The molecule has 0 aliphatic carbocycles. The smallest absolute Gasteiger partial charge is 0.132 e. The van der Waals surface area contributed by atoms with Gasteiger partial charge in [0.05, 0.1) is 29.0 Å². The van der Waals surface area contributed by atoms with Crippen molar-refractivity contribution in [1.82, 2.24) is 9.97 Å². The maximum atomic E-state index is 6.10. The third-order valence-electron chi connectivity index (χ3n) is 4.82. The molecule has 7 heteroatoms. The Bertz CT molecular complexity index is 861. The molecule has 5 N–H and O–H groups in total. The second-order valence-corrected chi connectivity index (χ2v) is 7.07. The number of nitrogens with one attached hydrogen (secondary N) is 1. The molecule has 144 valence electrons. The van der Waals surface area contributed by atoms with Crippen LogP contribution in [0.5, 0.6) is 0 Å². The van der Waals surface area contributed by atoms with Gasteiger partial charge in [0.2, 0.25) is 0 Å². The normalized spacial score (nSPS) is 18.5. The number of fused-ring (bicyclic) bond motifs is 1. The summed E-state index contributed by atoms with van der Waals surface area (Å²) in [6.07, 6.45) is 6.60. The molecular formula is C20H28N6O. The molecule has 2 aromatic rings. The van der Waals surface area contributed by atoms with E-state index in [4.69, 9.17) is 16.2 Å². The van der Waals surface area contributed by atoms with E-state index in [0.29, 0.717) is 17.6 Å². The average Bonchev–Trinajstić information content (AvgIpc) is 3.14. The van der Waals surface area contributed by atoms with Crippen molar-refractivity contribution in [3.05, 3.63) is 48.1 Å². The summed E-state index contributed by atoms with van der Waals surface area (Å²) in [5, 5.41) is 3.13. The number of aromatic nitrogens is 2. The van der Waals surface area contributed by atoms with Crippen LogP contribution in [0.3, 0.4) is 0 Å². The maximum Gasteiger partial charge on any atom is 0.132 e. The van der Waals surface area contributed by atoms with Crippen molar-refractivity contribution in [2.75, 3.05) is 30.4 Å². The minimum atomic E-state index is 0.275. The van der Waals surface area contributed by atoms with Gasteiger partial charge in [-0.15, -0.1) is 0 Å². The van der Waals surface area contributed by atoms with Crippen LogP contribution >= 0.6 is 0 Å². The van der Waals surface area contributed by atoms with Crippen molar-refractivity contribution in [2.24, 2.45) is 17.4 Å². The van der Waals surface area contributed by atoms with Gasteiger partial charge in [0, 0.05) is 20.2 Å². The molecule has 3 heterocycles. The van der Waals surface area contributed by atoms with Gasteiger partial charge < -0.3 is 26.4 Å².